The number of rotatable bonds is 8. The number of pyridine rings is 1. The van der Waals surface area contributed by atoms with Crippen molar-refractivity contribution in [1.29, 1.82) is 0 Å². The number of aromatic nitrogens is 5. The molecular weight excluding hydrogens is 430 g/mol. The molecule has 0 spiro atoms. The molecule has 31 heavy (non-hydrogen) atoms. The molecule has 0 aliphatic rings. The standard InChI is InChI=1S/C19H14F2N6O3S/c20-12-7-13(21)9-14(8-12)23-16(28)1-2-17-24-15(27-30-17)10-31-19-26-25-18(29-19)11-3-5-22-6-4-11/h3-9H,1-2,10H2,(H,23,28). The van der Waals surface area contributed by atoms with Crippen LogP contribution in [-0.2, 0) is 17.0 Å². The van der Waals surface area contributed by atoms with Crippen LogP contribution in [0.25, 0.3) is 11.5 Å². The summed E-state index contributed by atoms with van der Waals surface area (Å²) in [5.41, 5.74) is 0.797. The number of hydrogen-bond donors (Lipinski definition) is 1. The molecule has 0 atom stereocenters. The number of thioether (sulfide) groups is 1. The molecule has 0 fully saturated rings. The van der Waals surface area contributed by atoms with Crippen molar-refractivity contribution in [3.63, 3.8) is 0 Å². The number of halogens is 2. The highest BCUT2D eigenvalue weighted by Gasteiger charge is 2.13. The summed E-state index contributed by atoms with van der Waals surface area (Å²) in [6.45, 7) is 0. The Morgan fingerprint density at radius 2 is 1.87 bits per heavy atom. The molecule has 0 aliphatic carbocycles. The predicted molar refractivity (Wildman–Crippen MR) is 105 cm³/mol. The van der Waals surface area contributed by atoms with E-state index in [4.69, 9.17) is 8.94 Å². The number of nitrogens with one attached hydrogen (secondary N) is 1. The third-order valence-corrected chi connectivity index (χ3v) is 4.70. The minimum atomic E-state index is -0.775. The Morgan fingerprint density at radius 1 is 1.10 bits per heavy atom. The molecule has 4 aromatic rings. The van der Waals surface area contributed by atoms with E-state index in [0.29, 0.717) is 22.7 Å². The summed E-state index contributed by atoms with van der Waals surface area (Å²) < 4.78 is 37.0. The van der Waals surface area contributed by atoms with Crippen LogP contribution in [-0.4, -0.2) is 31.2 Å². The molecule has 3 aromatic heterocycles. The first-order chi connectivity index (χ1) is 15.0. The Hall–Kier alpha value is -3.67. The average Bonchev–Trinajstić information content (AvgIpc) is 3.40. The molecule has 4 rings (SSSR count). The zero-order valence-corrected chi connectivity index (χ0v) is 16.6. The monoisotopic (exact) mass is 444 g/mol. The van der Waals surface area contributed by atoms with Crippen LogP contribution in [0.1, 0.15) is 18.1 Å². The minimum absolute atomic E-state index is 0.00581. The van der Waals surface area contributed by atoms with Gasteiger partial charge >= 0.3 is 0 Å². The quantitative estimate of drug-likeness (QED) is 0.406. The number of hydrogen-bond acceptors (Lipinski definition) is 9. The van der Waals surface area contributed by atoms with Gasteiger partial charge in [0.2, 0.25) is 17.7 Å². The van der Waals surface area contributed by atoms with Gasteiger partial charge in [-0.25, -0.2) is 8.78 Å². The molecule has 0 saturated heterocycles. The van der Waals surface area contributed by atoms with E-state index in [9.17, 15) is 13.6 Å². The molecule has 3 heterocycles. The second-order valence-corrected chi connectivity index (χ2v) is 7.13. The van der Waals surface area contributed by atoms with Crippen molar-refractivity contribution < 1.29 is 22.5 Å². The van der Waals surface area contributed by atoms with Crippen LogP contribution in [0.5, 0.6) is 0 Å². The van der Waals surface area contributed by atoms with Crippen molar-refractivity contribution >= 4 is 23.4 Å². The first kappa shape index (κ1) is 20.6. The van der Waals surface area contributed by atoms with E-state index in [2.05, 4.69) is 30.6 Å². The van der Waals surface area contributed by atoms with Crippen molar-refractivity contribution in [2.45, 2.75) is 23.8 Å². The van der Waals surface area contributed by atoms with Crippen LogP contribution in [0.3, 0.4) is 0 Å². The molecule has 1 N–H and O–H groups in total. The van der Waals surface area contributed by atoms with Crippen LogP contribution in [0.2, 0.25) is 0 Å². The molecular formula is C19H14F2N6O3S. The van der Waals surface area contributed by atoms with E-state index in [1.54, 1.807) is 24.5 Å². The predicted octanol–water partition coefficient (Wildman–Crippen LogP) is 3.66. The number of carbonyl (C=O) groups excluding carboxylic acids is 1. The maximum atomic E-state index is 13.2. The fourth-order valence-corrected chi connectivity index (χ4v) is 3.13. The van der Waals surface area contributed by atoms with Gasteiger partial charge < -0.3 is 14.3 Å². The number of anilines is 1. The van der Waals surface area contributed by atoms with Crippen molar-refractivity contribution in [3.8, 4) is 11.5 Å². The SMILES string of the molecule is O=C(CCc1nc(CSc2nnc(-c3ccncc3)o2)no1)Nc1cc(F)cc(F)c1. The van der Waals surface area contributed by atoms with Gasteiger partial charge in [-0.1, -0.05) is 16.9 Å². The molecule has 12 heteroatoms. The first-order valence-electron chi connectivity index (χ1n) is 8.99. The third-order valence-electron chi connectivity index (χ3n) is 3.88. The Kier molecular flexibility index (Phi) is 6.26. The summed E-state index contributed by atoms with van der Waals surface area (Å²) in [5, 5.41) is 14.5. The van der Waals surface area contributed by atoms with E-state index in [1.807, 2.05) is 0 Å². The molecule has 0 saturated carbocycles. The van der Waals surface area contributed by atoms with Gasteiger partial charge in [-0.3, -0.25) is 9.78 Å². The van der Waals surface area contributed by atoms with E-state index >= 15 is 0 Å². The summed E-state index contributed by atoms with van der Waals surface area (Å²) in [5.74, 6) is -0.616. The van der Waals surface area contributed by atoms with Gasteiger partial charge in [-0.05, 0) is 24.3 Å². The van der Waals surface area contributed by atoms with Gasteiger partial charge in [0.25, 0.3) is 5.22 Å². The van der Waals surface area contributed by atoms with Gasteiger partial charge in [0.15, 0.2) is 5.82 Å². The Morgan fingerprint density at radius 3 is 2.65 bits per heavy atom. The zero-order valence-electron chi connectivity index (χ0n) is 15.8. The topological polar surface area (TPSA) is 120 Å². The molecule has 0 bridgehead atoms. The van der Waals surface area contributed by atoms with Crippen LogP contribution < -0.4 is 5.32 Å². The number of amides is 1. The van der Waals surface area contributed by atoms with Crippen LogP contribution in [0.4, 0.5) is 14.5 Å². The van der Waals surface area contributed by atoms with Crippen molar-refractivity contribution in [2.75, 3.05) is 5.32 Å². The Bertz CT molecular complexity index is 1160. The lowest BCUT2D eigenvalue weighted by molar-refractivity contribution is -0.116. The first-order valence-corrected chi connectivity index (χ1v) is 9.98. The zero-order chi connectivity index (χ0) is 21.6. The Labute approximate surface area is 178 Å². The van der Waals surface area contributed by atoms with Gasteiger partial charge in [0.1, 0.15) is 11.6 Å². The van der Waals surface area contributed by atoms with Crippen LogP contribution >= 0.6 is 11.8 Å². The average molecular weight is 444 g/mol. The number of nitrogens with zero attached hydrogens (tertiary/aromatic N) is 5. The van der Waals surface area contributed by atoms with Gasteiger partial charge in [-0.15, -0.1) is 10.2 Å². The van der Waals surface area contributed by atoms with Crippen molar-refractivity contribution in [1.82, 2.24) is 25.3 Å². The highest BCUT2D eigenvalue weighted by atomic mass is 32.2. The van der Waals surface area contributed by atoms with Crippen LogP contribution in [0.15, 0.2) is 56.9 Å². The van der Waals surface area contributed by atoms with E-state index < -0.39 is 17.5 Å². The number of carbonyl (C=O) groups is 1. The summed E-state index contributed by atoms with van der Waals surface area (Å²) in [7, 11) is 0. The third kappa shape index (κ3) is 5.69. The largest absolute Gasteiger partial charge is 0.411 e. The molecule has 0 unspecified atom stereocenters. The number of benzene rings is 1. The maximum Gasteiger partial charge on any atom is 0.277 e. The fourth-order valence-electron chi connectivity index (χ4n) is 2.53. The minimum Gasteiger partial charge on any atom is -0.411 e. The molecule has 158 valence electrons. The van der Waals surface area contributed by atoms with Gasteiger partial charge in [0.05, 0.1) is 5.75 Å². The molecule has 9 nitrogen and oxygen atoms in total. The summed E-state index contributed by atoms with van der Waals surface area (Å²) in [4.78, 5) is 20.1. The summed E-state index contributed by atoms with van der Waals surface area (Å²) in [6, 6.07) is 6.30. The molecule has 1 aromatic carbocycles. The molecule has 1 amide bonds. The van der Waals surface area contributed by atoms with E-state index in [1.165, 1.54) is 11.8 Å². The second kappa shape index (κ2) is 9.43. The lowest BCUT2D eigenvalue weighted by Crippen LogP contribution is -2.12. The van der Waals surface area contributed by atoms with Crippen molar-refractivity contribution in [3.05, 3.63) is 66.1 Å². The Balaban J connectivity index is 1.26. The molecule has 0 aliphatic heterocycles. The fraction of sp³-hybridized carbons (Fsp3) is 0.158. The summed E-state index contributed by atoms with van der Waals surface area (Å²) in [6.07, 6.45) is 3.44. The van der Waals surface area contributed by atoms with Crippen LogP contribution in [0, 0.1) is 11.6 Å². The van der Waals surface area contributed by atoms with E-state index in [-0.39, 0.29) is 24.4 Å². The van der Waals surface area contributed by atoms with E-state index in [0.717, 1.165) is 23.8 Å². The van der Waals surface area contributed by atoms with Crippen molar-refractivity contribution in [2.24, 2.45) is 0 Å². The number of aryl methyl sites for hydroxylation is 1. The highest BCUT2D eigenvalue weighted by molar-refractivity contribution is 7.98. The second-order valence-electron chi connectivity index (χ2n) is 6.21. The highest BCUT2D eigenvalue weighted by Crippen LogP contribution is 2.24. The normalized spacial score (nSPS) is 10.9. The summed E-state index contributed by atoms with van der Waals surface area (Å²) >= 11 is 1.24. The lowest BCUT2D eigenvalue weighted by atomic mass is 10.2. The lowest BCUT2D eigenvalue weighted by Gasteiger charge is -2.04. The maximum absolute atomic E-state index is 13.2. The van der Waals surface area contributed by atoms with Gasteiger partial charge in [0, 0.05) is 42.6 Å². The van der Waals surface area contributed by atoms with Gasteiger partial charge in [-0.2, -0.15) is 4.98 Å². The smallest absolute Gasteiger partial charge is 0.277 e. The molecule has 0 radical (unpaired) electrons.